The van der Waals surface area contributed by atoms with Crippen LogP contribution in [0.3, 0.4) is 0 Å². The minimum absolute atomic E-state index is 0. The van der Waals surface area contributed by atoms with Gasteiger partial charge in [0.25, 0.3) is 0 Å². The molecule has 1 aliphatic heterocycles. The van der Waals surface area contributed by atoms with E-state index in [1.54, 1.807) is 0 Å². The van der Waals surface area contributed by atoms with Crippen molar-refractivity contribution in [1.29, 1.82) is 0 Å². The van der Waals surface area contributed by atoms with Gasteiger partial charge in [-0.25, -0.2) is 0 Å². The lowest BCUT2D eigenvalue weighted by atomic mass is 10.1. The zero-order chi connectivity index (χ0) is 14.3. The number of benzene rings is 2. The largest absolute Gasteiger partial charge is 0.493 e. The van der Waals surface area contributed by atoms with Crippen molar-refractivity contribution in [3.05, 3.63) is 42.5 Å². The molecule has 1 saturated heterocycles. The highest BCUT2D eigenvalue weighted by Crippen LogP contribution is 2.25. The van der Waals surface area contributed by atoms with Crippen molar-refractivity contribution in [2.45, 2.75) is 39.5 Å². The fourth-order valence-electron chi connectivity index (χ4n) is 3.12. The molecule has 120 valence electrons. The number of rotatable bonds is 7. The summed E-state index contributed by atoms with van der Waals surface area (Å²) in [5.74, 6) is 1.02. The number of hydrogen-bond donors (Lipinski definition) is 0. The molecule has 0 saturated carbocycles. The smallest absolute Gasteiger partial charge is 0.127 e. The number of nitrogens with zero attached hydrogens (tertiary/aromatic N) is 1. The average molecular weight is 299 g/mol. The van der Waals surface area contributed by atoms with E-state index < -0.39 is 0 Å². The summed E-state index contributed by atoms with van der Waals surface area (Å²) < 4.78 is 5.98. The van der Waals surface area contributed by atoms with E-state index in [0.29, 0.717) is 0 Å². The molecule has 0 spiro atoms. The van der Waals surface area contributed by atoms with Crippen LogP contribution in [0, 0.1) is 0 Å². The van der Waals surface area contributed by atoms with Crippen LogP contribution in [0.15, 0.2) is 42.5 Å². The van der Waals surface area contributed by atoms with Crippen molar-refractivity contribution in [1.82, 2.24) is 4.90 Å². The number of ether oxygens (including phenoxy) is 1. The normalized spacial score (nSPS) is 14.9. The van der Waals surface area contributed by atoms with Gasteiger partial charge in [-0.1, -0.05) is 43.8 Å². The molecule has 0 atom stereocenters. The molecule has 0 aliphatic carbocycles. The first-order valence-electron chi connectivity index (χ1n) is 8.26. The van der Waals surface area contributed by atoms with Crippen LogP contribution in [-0.4, -0.2) is 31.1 Å². The van der Waals surface area contributed by atoms with Gasteiger partial charge in [-0.05, 0) is 63.2 Å². The van der Waals surface area contributed by atoms with Gasteiger partial charge >= 0.3 is 0 Å². The summed E-state index contributed by atoms with van der Waals surface area (Å²) >= 11 is 0. The molecular formula is C20H29NO. The van der Waals surface area contributed by atoms with E-state index in [9.17, 15) is 0 Å². The van der Waals surface area contributed by atoms with Crippen molar-refractivity contribution in [3.63, 3.8) is 0 Å². The minimum Gasteiger partial charge on any atom is -0.493 e. The quantitative estimate of drug-likeness (QED) is 0.658. The maximum atomic E-state index is 5.98. The van der Waals surface area contributed by atoms with E-state index in [1.807, 2.05) is 0 Å². The van der Waals surface area contributed by atoms with Crippen LogP contribution in [-0.2, 0) is 0 Å². The fraction of sp³-hybridized carbons (Fsp3) is 0.500. The average Bonchev–Trinajstić information content (AvgIpc) is 3.04. The third-order valence-corrected chi connectivity index (χ3v) is 4.32. The Bertz CT molecular complexity index is 555. The molecule has 1 aliphatic rings. The molecule has 0 N–H and O–H groups in total. The molecule has 2 heteroatoms. The predicted molar refractivity (Wildman–Crippen MR) is 95.7 cm³/mol. The number of unbranched alkanes of at least 4 members (excludes halogenated alkanes) is 2. The van der Waals surface area contributed by atoms with Crippen molar-refractivity contribution in [2.75, 3.05) is 26.2 Å². The van der Waals surface area contributed by atoms with Crippen LogP contribution < -0.4 is 4.74 Å². The summed E-state index contributed by atoms with van der Waals surface area (Å²) in [6, 6.07) is 14.7. The van der Waals surface area contributed by atoms with Gasteiger partial charge in [-0.2, -0.15) is 0 Å². The Morgan fingerprint density at radius 2 is 1.64 bits per heavy atom. The summed E-state index contributed by atoms with van der Waals surface area (Å²) in [7, 11) is 0. The number of likely N-dealkylation sites (tertiary alicyclic amines) is 1. The Morgan fingerprint density at radius 1 is 0.864 bits per heavy atom. The standard InChI is InChI=1S/C19H25NO.CH4/c1(4-13-20-14-5-6-15-20)7-16-21-19-12-8-10-17-9-2-3-11-18(17)19;/h2-3,8-12H,1,4-7,13-16H2;1H4. The molecule has 0 amide bonds. The Balaban J connectivity index is 0.00000176. The van der Waals surface area contributed by atoms with Gasteiger partial charge in [0.2, 0.25) is 0 Å². The summed E-state index contributed by atoms with van der Waals surface area (Å²) in [5.41, 5.74) is 0. The first kappa shape index (κ1) is 16.8. The van der Waals surface area contributed by atoms with Gasteiger partial charge in [-0.15, -0.1) is 0 Å². The molecule has 3 rings (SSSR count). The van der Waals surface area contributed by atoms with E-state index in [2.05, 4.69) is 47.4 Å². The maximum Gasteiger partial charge on any atom is 0.127 e. The molecule has 0 radical (unpaired) electrons. The lowest BCUT2D eigenvalue weighted by Crippen LogP contribution is -2.20. The highest BCUT2D eigenvalue weighted by Gasteiger charge is 2.10. The minimum atomic E-state index is 0. The first-order valence-corrected chi connectivity index (χ1v) is 8.26. The van der Waals surface area contributed by atoms with Crippen LogP contribution in [0.25, 0.3) is 10.8 Å². The highest BCUT2D eigenvalue weighted by molar-refractivity contribution is 5.88. The molecular weight excluding hydrogens is 270 g/mol. The van der Waals surface area contributed by atoms with Gasteiger partial charge in [0.1, 0.15) is 5.75 Å². The first-order chi connectivity index (χ1) is 10.4. The molecule has 1 fully saturated rings. The maximum absolute atomic E-state index is 5.98. The summed E-state index contributed by atoms with van der Waals surface area (Å²) in [6.45, 7) is 4.72. The van der Waals surface area contributed by atoms with Crippen LogP contribution in [0.2, 0.25) is 0 Å². The van der Waals surface area contributed by atoms with E-state index >= 15 is 0 Å². The van der Waals surface area contributed by atoms with Gasteiger partial charge in [0.15, 0.2) is 0 Å². The molecule has 1 heterocycles. The van der Waals surface area contributed by atoms with Gasteiger partial charge < -0.3 is 9.64 Å². The topological polar surface area (TPSA) is 12.5 Å². The summed E-state index contributed by atoms with van der Waals surface area (Å²) in [5, 5.41) is 2.47. The van der Waals surface area contributed by atoms with Crippen LogP contribution in [0.1, 0.15) is 39.5 Å². The molecule has 2 aromatic rings. The predicted octanol–water partition coefficient (Wildman–Crippen LogP) is 5.12. The highest BCUT2D eigenvalue weighted by atomic mass is 16.5. The van der Waals surface area contributed by atoms with Crippen LogP contribution in [0.5, 0.6) is 5.75 Å². The molecule has 22 heavy (non-hydrogen) atoms. The van der Waals surface area contributed by atoms with Gasteiger partial charge in [0.05, 0.1) is 6.61 Å². The monoisotopic (exact) mass is 299 g/mol. The number of hydrogen-bond acceptors (Lipinski definition) is 2. The lowest BCUT2D eigenvalue weighted by molar-refractivity contribution is 0.292. The van der Waals surface area contributed by atoms with Crippen molar-refractivity contribution in [2.24, 2.45) is 0 Å². The molecule has 2 nitrogen and oxygen atoms in total. The fourth-order valence-corrected chi connectivity index (χ4v) is 3.12. The lowest BCUT2D eigenvalue weighted by Gasteiger charge is -2.14. The molecule has 0 bridgehead atoms. The third kappa shape index (κ3) is 4.48. The molecule has 2 aromatic carbocycles. The van der Waals surface area contributed by atoms with Crippen LogP contribution in [0.4, 0.5) is 0 Å². The molecule has 0 unspecified atom stereocenters. The van der Waals surface area contributed by atoms with Gasteiger partial charge in [-0.3, -0.25) is 0 Å². The second kappa shape index (κ2) is 8.79. The van der Waals surface area contributed by atoms with Gasteiger partial charge in [0, 0.05) is 5.39 Å². The molecule has 0 aromatic heterocycles. The van der Waals surface area contributed by atoms with Crippen molar-refractivity contribution < 1.29 is 4.74 Å². The van der Waals surface area contributed by atoms with Crippen molar-refractivity contribution >= 4 is 10.8 Å². The van der Waals surface area contributed by atoms with Crippen LogP contribution >= 0.6 is 0 Å². The second-order valence-corrected chi connectivity index (χ2v) is 5.94. The van der Waals surface area contributed by atoms with E-state index in [1.165, 1.54) is 56.1 Å². The Hall–Kier alpha value is -1.54. The van der Waals surface area contributed by atoms with E-state index in [-0.39, 0.29) is 7.43 Å². The Kier molecular flexibility index (Phi) is 6.73. The summed E-state index contributed by atoms with van der Waals surface area (Å²) in [4.78, 5) is 2.59. The van der Waals surface area contributed by atoms with E-state index in [0.717, 1.165) is 18.8 Å². The zero-order valence-corrected chi connectivity index (χ0v) is 12.8. The number of fused-ring (bicyclic) bond motifs is 1. The van der Waals surface area contributed by atoms with Crippen molar-refractivity contribution in [3.8, 4) is 5.75 Å². The second-order valence-electron chi connectivity index (χ2n) is 5.94. The summed E-state index contributed by atoms with van der Waals surface area (Å²) in [6.07, 6.45) is 6.51. The Labute approximate surface area is 135 Å². The van der Waals surface area contributed by atoms with E-state index in [4.69, 9.17) is 4.74 Å². The SMILES string of the molecule is C.c1ccc2c(OCCCCCN3CCCC3)cccc2c1. The third-order valence-electron chi connectivity index (χ3n) is 4.32. The Morgan fingerprint density at radius 3 is 2.50 bits per heavy atom. The zero-order valence-electron chi connectivity index (χ0n) is 12.8.